The van der Waals surface area contributed by atoms with Crippen LogP contribution in [0.25, 0.3) is 0 Å². The molecule has 5 nitrogen and oxygen atoms in total. The number of hydrogen-bond acceptors (Lipinski definition) is 5. The van der Waals surface area contributed by atoms with Crippen molar-refractivity contribution < 1.29 is 23.7 Å². The Bertz CT molecular complexity index is 1150. The zero-order valence-electron chi connectivity index (χ0n) is 20.6. The first kappa shape index (κ1) is 25.3. The molecule has 4 rings (SSSR count). The number of benzene rings is 3. The summed E-state index contributed by atoms with van der Waals surface area (Å²) in [5, 5.41) is 0. The maximum atomic E-state index is 11.4. The Morgan fingerprint density at radius 1 is 0.833 bits per heavy atom. The van der Waals surface area contributed by atoms with Crippen LogP contribution in [0.2, 0.25) is 0 Å². The Morgan fingerprint density at radius 3 is 2.22 bits per heavy atom. The number of methoxy groups -OCH3 is 1. The molecular formula is C31H32O5. The molecule has 0 aromatic heterocycles. The summed E-state index contributed by atoms with van der Waals surface area (Å²) >= 11 is 0. The lowest BCUT2D eigenvalue weighted by molar-refractivity contribution is -0.140. The van der Waals surface area contributed by atoms with Gasteiger partial charge < -0.3 is 18.9 Å². The van der Waals surface area contributed by atoms with E-state index in [1.165, 1.54) is 7.11 Å². The fourth-order valence-corrected chi connectivity index (χ4v) is 3.84. The van der Waals surface area contributed by atoms with Crippen LogP contribution in [-0.2, 0) is 27.5 Å². The third kappa shape index (κ3) is 8.14. The standard InChI is InChI=1S/C31H32O5/c1-33-31(32)21-13-24-8-5-9-27(14-10-24)34-23-26-11-15-29(16-12-26)36-30-19-17-28(18-20-30)35-22-25-6-3-2-4-7-25/h2-4,6-8,10-12,14-20,27H,5,9,13,21-23H2,1H3. The molecule has 0 N–H and O–H groups in total. The number of hydrogen-bond donors (Lipinski definition) is 0. The minimum Gasteiger partial charge on any atom is -0.489 e. The number of ether oxygens (including phenoxy) is 4. The summed E-state index contributed by atoms with van der Waals surface area (Å²) in [7, 11) is 1.42. The summed E-state index contributed by atoms with van der Waals surface area (Å²) in [4.78, 5) is 11.4. The second-order valence-electron chi connectivity index (χ2n) is 8.63. The quantitative estimate of drug-likeness (QED) is 0.270. The van der Waals surface area contributed by atoms with Crippen LogP contribution < -0.4 is 9.47 Å². The number of allylic oxidation sites excluding steroid dienone is 3. The molecule has 3 aromatic carbocycles. The maximum absolute atomic E-state index is 11.4. The van der Waals surface area contributed by atoms with Gasteiger partial charge in [0.15, 0.2) is 0 Å². The van der Waals surface area contributed by atoms with Gasteiger partial charge in [0.25, 0.3) is 0 Å². The predicted molar refractivity (Wildman–Crippen MR) is 140 cm³/mol. The van der Waals surface area contributed by atoms with E-state index < -0.39 is 0 Å². The van der Waals surface area contributed by atoms with Gasteiger partial charge in [-0.15, -0.1) is 0 Å². The molecule has 0 fully saturated rings. The van der Waals surface area contributed by atoms with Crippen LogP contribution in [0.4, 0.5) is 0 Å². The molecule has 0 spiro atoms. The molecule has 0 heterocycles. The maximum Gasteiger partial charge on any atom is 0.305 e. The Balaban J connectivity index is 1.21. The van der Waals surface area contributed by atoms with Gasteiger partial charge in [-0.05, 0) is 66.8 Å². The Kier molecular flexibility index (Phi) is 9.34. The van der Waals surface area contributed by atoms with Gasteiger partial charge in [0.2, 0.25) is 0 Å². The first-order valence-electron chi connectivity index (χ1n) is 12.3. The normalized spacial score (nSPS) is 15.0. The minimum atomic E-state index is -0.182. The third-order valence-corrected chi connectivity index (χ3v) is 5.92. The highest BCUT2D eigenvalue weighted by molar-refractivity contribution is 5.69. The summed E-state index contributed by atoms with van der Waals surface area (Å²) in [6, 6.07) is 25.7. The number of carbonyl (C=O) groups excluding carboxylic acids is 1. The van der Waals surface area contributed by atoms with Gasteiger partial charge in [0.05, 0.1) is 19.8 Å². The second kappa shape index (κ2) is 13.3. The van der Waals surface area contributed by atoms with Gasteiger partial charge in [-0.1, -0.05) is 66.3 Å². The van der Waals surface area contributed by atoms with Crippen molar-refractivity contribution >= 4 is 5.97 Å². The van der Waals surface area contributed by atoms with Crippen LogP contribution in [-0.4, -0.2) is 19.2 Å². The highest BCUT2D eigenvalue weighted by Gasteiger charge is 2.10. The molecule has 5 heteroatoms. The van der Waals surface area contributed by atoms with Crippen LogP contribution in [0, 0.1) is 0 Å². The Hall–Kier alpha value is -3.83. The van der Waals surface area contributed by atoms with Gasteiger partial charge in [0, 0.05) is 6.42 Å². The summed E-state index contributed by atoms with van der Waals surface area (Å²) in [5.41, 5.74) is 3.38. The van der Waals surface area contributed by atoms with Gasteiger partial charge in [-0.3, -0.25) is 4.79 Å². The predicted octanol–water partition coefficient (Wildman–Crippen LogP) is 7.17. The van der Waals surface area contributed by atoms with E-state index in [1.54, 1.807) is 0 Å². The minimum absolute atomic E-state index is 0.0513. The van der Waals surface area contributed by atoms with Crippen molar-refractivity contribution in [3.05, 3.63) is 114 Å². The highest BCUT2D eigenvalue weighted by Crippen LogP contribution is 2.25. The lowest BCUT2D eigenvalue weighted by Gasteiger charge is -2.13. The van der Waals surface area contributed by atoms with E-state index in [0.717, 1.165) is 46.8 Å². The van der Waals surface area contributed by atoms with E-state index in [-0.39, 0.29) is 12.1 Å². The first-order chi connectivity index (χ1) is 17.7. The van der Waals surface area contributed by atoms with Crippen LogP contribution in [0.15, 0.2) is 103 Å². The van der Waals surface area contributed by atoms with E-state index in [9.17, 15) is 4.79 Å². The van der Waals surface area contributed by atoms with Crippen molar-refractivity contribution in [2.45, 2.75) is 45.0 Å². The van der Waals surface area contributed by atoms with Gasteiger partial charge >= 0.3 is 5.97 Å². The molecule has 0 saturated heterocycles. The first-order valence-corrected chi connectivity index (χ1v) is 12.3. The topological polar surface area (TPSA) is 54.0 Å². The zero-order valence-corrected chi connectivity index (χ0v) is 20.6. The van der Waals surface area contributed by atoms with Crippen molar-refractivity contribution in [1.29, 1.82) is 0 Å². The number of esters is 1. The van der Waals surface area contributed by atoms with Crippen molar-refractivity contribution in [3.63, 3.8) is 0 Å². The molecule has 3 aromatic rings. The van der Waals surface area contributed by atoms with E-state index in [2.05, 4.69) is 18.2 Å². The van der Waals surface area contributed by atoms with Crippen LogP contribution in [0.1, 0.15) is 36.8 Å². The molecule has 1 unspecified atom stereocenters. The molecule has 0 radical (unpaired) electrons. The van der Waals surface area contributed by atoms with Crippen molar-refractivity contribution in [2.24, 2.45) is 0 Å². The van der Waals surface area contributed by atoms with Gasteiger partial charge in [-0.25, -0.2) is 0 Å². The molecule has 0 aliphatic heterocycles. The van der Waals surface area contributed by atoms with Crippen molar-refractivity contribution in [2.75, 3.05) is 7.11 Å². The van der Waals surface area contributed by atoms with Gasteiger partial charge in [-0.2, -0.15) is 0 Å². The Morgan fingerprint density at radius 2 is 1.50 bits per heavy atom. The number of rotatable bonds is 11. The SMILES string of the molecule is COC(=O)CCC1=CCCC(OCc2ccc(Oc3ccc(OCc4ccccc4)cc3)cc2)C=C1. The largest absolute Gasteiger partial charge is 0.489 e. The molecular weight excluding hydrogens is 452 g/mol. The molecule has 36 heavy (non-hydrogen) atoms. The average molecular weight is 485 g/mol. The van der Waals surface area contributed by atoms with Crippen molar-refractivity contribution in [3.8, 4) is 17.2 Å². The summed E-state index contributed by atoms with van der Waals surface area (Å²) < 4.78 is 22.6. The summed E-state index contributed by atoms with van der Waals surface area (Å²) in [6.07, 6.45) is 9.32. The van der Waals surface area contributed by atoms with E-state index in [1.807, 2.05) is 78.9 Å². The molecule has 1 atom stereocenters. The van der Waals surface area contributed by atoms with E-state index >= 15 is 0 Å². The second-order valence-corrected chi connectivity index (χ2v) is 8.63. The average Bonchev–Trinajstić information content (AvgIpc) is 3.16. The van der Waals surface area contributed by atoms with E-state index in [4.69, 9.17) is 18.9 Å². The molecule has 0 amide bonds. The fraction of sp³-hybridized carbons (Fsp3) is 0.258. The molecule has 186 valence electrons. The molecule has 1 aliphatic rings. The lowest BCUT2D eigenvalue weighted by Crippen LogP contribution is -2.08. The van der Waals surface area contributed by atoms with E-state index in [0.29, 0.717) is 26.1 Å². The smallest absolute Gasteiger partial charge is 0.305 e. The molecule has 0 bridgehead atoms. The molecule has 1 aliphatic carbocycles. The van der Waals surface area contributed by atoms with Gasteiger partial charge in [0.1, 0.15) is 23.9 Å². The molecule has 0 saturated carbocycles. The van der Waals surface area contributed by atoms with Crippen molar-refractivity contribution in [1.82, 2.24) is 0 Å². The Labute approximate surface area is 213 Å². The summed E-state index contributed by atoms with van der Waals surface area (Å²) in [6.45, 7) is 1.06. The lowest BCUT2D eigenvalue weighted by atomic mass is 10.1. The van der Waals surface area contributed by atoms with Crippen LogP contribution in [0.5, 0.6) is 17.2 Å². The highest BCUT2D eigenvalue weighted by atomic mass is 16.5. The monoisotopic (exact) mass is 484 g/mol. The van der Waals surface area contributed by atoms with Crippen LogP contribution in [0.3, 0.4) is 0 Å². The van der Waals surface area contributed by atoms with Crippen LogP contribution >= 0.6 is 0 Å². The zero-order chi connectivity index (χ0) is 25.0. The third-order valence-electron chi connectivity index (χ3n) is 5.92. The number of carbonyl (C=O) groups is 1. The fourth-order valence-electron chi connectivity index (χ4n) is 3.84. The summed E-state index contributed by atoms with van der Waals surface area (Å²) in [5.74, 6) is 2.14.